The Morgan fingerprint density at radius 3 is 2.48 bits per heavy atom. The summed E-state index contributed by atoms with van der Waals surface area (Å²) in [5.41, 5.74) is 2.44. The highest BCUT2D eigenvalue weighted by atomic mass is 16.2. The SMILES string of the molecule is CCC(C)n1nc(C)cc1NC(=O)Cn1nc2ccccc2n1. The van der Waals surface area contributed by atoms with Gasteiger partial charge in [0, 0.05) is 6.07 Å². The zero-order valence-electron chi connectivity index (χ0n) is 13.5. The second-order valence-corrected chi connectivity index (χ2v) is 5.64. The molecular formula is C16H20N6O. The molecule has 1 aromatic carbocycles. The zero-order chi connectivity index (χ0) is 16.4. The van der Waals surface area contributed by atoms with Gasteiger partial charge in [-0.05, 0) is 32.4 Å². The fourth-order valence-corrected chi connectivity index (χ4v) is 2.40. The number of aryl methyl sites for hydroxylation is 1. The van der Waals surface area contributed by atoms with Crippen molar-refractivity contribution in [3.8, 4) is 0 Å². The van der Waals surface area contributed by atoms with Crippen molar-refractivity contribution in [3.05, 3.63) is 36.0 Å². The highest BCUT2D eigenvalue weighted by Gasteiger charge is 2.14. The molecule has 23 heavy (non-hydrogen) atoms. The fraction of sp³-hybridized carbons (Fsp3) is 0.375. The van der Waals surface area contributed by atoms with Crippen LogP contribution in [0.25, 0.3) is 11.0 Å². The third-order valence-electron chi connectivity index (χ3n) is 3.75. The van der Waals surface area contributed by atoms with Gasteiger partial charge in [-0.15, -0.1) is 0 Å². The quantitative estimate of drug-likeness (QED) is 0.785. The maximum absolute atomic E-state index is 12.3. The number of anilines is 1. The van der Waals surface area contributed by atoms with Crippen molar-refractivity contribution in [2.75, 3.05) is 5.32 Å². The molecule has 0 spiro atoms. The average Bonchev–Trinajstić information content (AvgIpc) is 3.08. The van der Waals surface area contributed by atoms with Gasteiger partial charge < -0.3 is 5.32 Å². The van der Waals surface area contributed by atoms with Gasteiger partial charge in [-0.3, -0.25) is 4.79 Å². The summed E-state index contributed by atoms with van der Waals surface area (Å²) in [4.78, 5) is 13.7. The number of fused-ring (bicyclic) bond motifs is 1. The van der Waals surface area contributed by atoms with E-state index < -0.39 is 0 Å². The molecule has 0 aliphatic rings. The molecule has 0 aliphatic carbocycles. The molecule has 3 aromatic rings. The van der Waals surface area contributed by atoms with Crippen LogP contribution in [0.4, 0.5) is 5.82 Å². The number of rotatable bonds is 5. The smallest absolute Gasteiger partial charge is 0.249 e. The van der Waals surface area contributed by atoms with E-state index in [0.717, 1.165) is 23.1 Å². The van der Waals surface area contributed by atoms with Crippen molar-refractivity contribution in [2.24, 2.45) is 0 Å². The maximum atomic E-state index is 12.3. The molecule has 2 aromatic heterocycles. The van der Waals surface area contributed by atoms with E-state index in [1.807, 2.05) is 41.9 Å². The summed E-state index contributed by atoms with van der Waals surface area (Å²) in [7, 11) is 0. The summed E-state index contributed by atoms with van der Waals surface area (Å²) < 4.78 is 1.85. The van der Waals surface area contributed by atoms with Crippen molar-refractivity contribution in [2.45, 2.75) is 39.8 Å². The van der Waals surface area contributed by atoms with Gasteiger partial charge in [0.25, 0.3) is 0 Å². The molecule has 7 nitrogen and oxygen atoms in total. The van der Waals surface area contributed by atoms with Gasteiger partial charge in [-0.2, -0.15) is 20.1 Å². The van der Waals surface area contributed by atoms with Crippen LogP contribution in [0, 0.1) is 6.92 Å². The highest BCUT2D eigenvalue weighted by molar-refractivity contribution is 5.89. The largest absolute Gasteiger partial charge is 0.309 e. The minimum Gasteiger partial charge on any atom is -0.309 e. The number of hydrogen-bond acceptors (Lipinski definition) is 4. The van der Waals surface area contributed by atoms with Gasteiger partial charge in [0.2, 0.25) is 5.91 Å². The van der Waals surface area contributed by atoms with E-state index in [2.05, 4.69) is 34.5 Å². The Morgan fingerprint density at radius 2 is 1.87 bits per heavy atom. The molecule has 0 aliphatic heterocycles. The Labute approximate surface area is 134 Å². The lowest BCUT2D eigenvalue weighted by atomic mass is 10.3. The van der Waals surface area contributed by atoms with Crippen LogP contribution in [0.1, 0.15) is 32.0 Å². The molecule has 3 rings (SSSR count). The molecule has 0 fully saturated rings. The van der Waals surface area contributed by atoms with Crippen molar-refractivity contribution in [1.82, 2.24) is 24.8 Å². The van der Waals surface area contributed by atoms with E-state index in [0.29, 0.717) is 5.82 Å². The summed E-state index contributed by atoms with van der Waals surface area (Å²) in [5.74, 6) is 0.535. The average molecular weight is 312 g/mol. The van der Waals surface area contributed by atoms with Crippen LogP contribution in [0.2, 0.25) is 0 Å². The number of nitrogens with zero attached hydrogens (tertiary/aromatic N) is 5. The Balaban J connectivity index is 1.74. The second kappa shape index (κ2) is 6.20. The summed E-state index contributed by atoms with van der Waals surface area (Å²) in [6.07, 6.45) is 0.941. The van der Waals surface area contributed by atoms with Crippen molar-refractivity contribution in [3.63, 3.8) is 0 Å². The van der Waals surface area contributed by atoms with Crippen molar-refractivity contribution < 1.29 is 4.79 Å². The minimum atomic E-state index is -0.172. The lowest BCUT2D eigenvalue weighted by molar-refractivity contribution is -0.117. The number of nitrogens with one attached hydrogen (secondary N) is 1. The number of amides is 1. The zero-order valence-corrected chi connectivity index (χ0v) is 13.5. The van der Waals surface area contributed by atoms with Crippen LogP contribution in [-0.2, 0) is 11.3 Å². The Kier molecular flexibility index (Phi) is 4.10. The van der Waals surface area contributed by atoms with Gasteiger partial charge in [-0.1, -0.05) is 19.1 Å². The van der Waals surface area contributed by atoms with Crippen LogP contribution in [0.5, 0.6) is 0 Å². The summed E-state index contributed by atoms with van der Waals surface area (Å²) in [5, 5.41) is 15.9. The predicted octanol–water partition coefficient (Wildman–Crippen LogP) is 2.55. The van der Waals surface area contributed by atoms with E-state index in [1.165, 1.54) is 4.80 Å². The summed E-state index contributed by atoms with van der Waals surface area (Å²) in [6, 6.07) is 9.64. The molecule has 0 saturated heterocycles. The molecule has 1 N–H and O–H groups in total. The lowest BCUT2D eigenvalue weighted by Gasteiger charge is -2.14. The topological polar surface area (TPSA) is 77.6 Å². The Hall–Kier alpha value is -2.70. The predicted molar refractivity (Wildman–Crippen MR) is 88.1 cm³/mol. The maximum Gasteiger partial charge on any atom is 0.249 e. The first-order valence-corrected chi connectivity index (χ1v) is 7.72. The first kappa shape index (κ1) is 15.2. The molecule has 1 atom stereocenters. The molecule has 0 bridgehead atoms. The number of carbonyl (C=O) groups excluding carboxylic acids is 1. The standard InChI is InChI=1S/C16H20N6O/c1-4-12(3)22-15(9-11(2)18-22)17-16(23)10-21-19-13-7-5-6-8-14(13)20-21/h5-9,12H,4,10H2,1-3H3,(H,17,23). The molecule has 120 valence electrons. The van der Waals surface area contributed by atoms with Crippen LogP contribution >= 0.6 is 0 Å². The first-order chi connectivity index (χ1) is 11.1. The molecule has 0 saturated carbocycles. The van der Waals surface area contributed by atoms with Crippen LogP contribution < -0.4 is 5.32 Å². The normalized spacial score (nSPS) is 12.5. The number of aromatic nitrogens is 5. The monoisotopic (exact) mass is 312 g/mol. The first-order valence-electron chi connectivity index (χ1n) is 7.72. The van der Waals surface area contributed by atoms with E-state index in [-0.39, 0.29) is 18.5 Å². The Morgan fingerprint density at radius 1 is 1.22 bits per heavy atom. The number of carbonyl (C=O) groups is 1. The van der Waals surface area contributed by atoms with E-state index in [4.69, 9.17) is 0 Å². The molecule has 7 heteroatoms. The minimum absolute atomic E-state index is 0.0689. The Bertz CT molecular complexity index is 801. The number of hydrogen-bond donors (Lipinski definition) is 1. The summed E-state index contributed by atoms with van der Waals surface area (Å²) >= 11 is 0. The van der Waals surface area contributed by atoms with E-state index in [9.17, 15) is 4.79 Å². The van der Waals surface area contributed by atoms with Crippen LogP contribution in [-0.4, -0.2) is 30.7 Å². The van der Waals surface area contributed by atoms with Gasteiger partial charge in [0.05, 0.1) is 11.7 Å². The molecule has 1 amide bonds. The number of benzene rings is 1. The van der Waals surface area contributed by atoms with E-state index >= 15 is 0 Å². The molecular weight excluding hydrogens is 292 g/mol. The van der Waals surface area contributed by atoms with Crippen molar-refractivity contribution >= 4 is 22.8 Å². The summed E-state index contributed by atoms with van der Waals surface area (Å²) in [6.45, 7) is 6.14. The van der Waals surface area contributed by atoms with Gasteiger partial charge >= 0.3 is 0 Å². The van der Waals surface area contributed by atoms with Gasteiger partial charge in [0.15, 0.2) is 0 Å². The van der Waals surface area contributed by atoms with Gasteiger partial charge in [-0.25, -0.2) is 4.68 Å². The van der Waals surface area contributed by atoms with E-state index in [1.54, 1.807) is 0 Å². The molecule has 2 heterocycles. The lowest BCUT2D eigenvalue weighted by Crippen LogP contribution is -2.22. The highest BCUT2D eigenvalue weighted by Crippen LogP contribution is 2.18. The third-order valence-corrected chi connectivity index (χ3v) is 3.75. The molecule has 0 radical (unpaired) electrons. The second-order valence-electron chi connectivity index (χ2n) is 5.64. The third kappa shape index (κ3) is 3.23. The fourth-order valence-electron chi connectivity index (χ4n) is 2.40. The van der Waals surface area contributed by atoms with Crippen LogP contribution in [0.3, 0.4) is 0 Å². The van der Waals surface area contributed by atoms with Crippen molar-refractivity contribution in [1.29, 1.82) is 0 Å². The van der Waals surface area contributed by atoms with Gasteiger partial charge in [0.1, 0.15) is 23.4 Å². The molecule has 1 unspecified atom stereocenters. The van der Waals surface area contributed by atoms with Crippen LogP contribution in [0.15, 0.2) is 30.3 Å².